The van der Waals surface area contributed by atoms with Crippen LogP contribution < -0.4 is 0 Å². The molecular formula is C8H16OS. The number of hydrogen-bond donors (Lipinski definition) is 0. The number of hydrogen-bond acceptors (Lipinski definition) is 2. The smallest absolute Gasteiger partial charge is 0.151 e. The Bertz CT molecular complexity index is 106. The van der Waals surface area contributed by atoms with E-state index in [1.165, 1.54) is 5.57 Å². The van der Waals surface area contributed by atoms with E-state index in [9.17, 15) is 0 Å². The van der Waals surface area contributed by atoms with Crippen molar-refractivity contribution in [3.8, 4) is 0 Å². The van der Waals surface area contributed by atoms with Crippen LogP contribution in [0.3, 0.4) is 0 Å². The minimum atomic E-state index is 0.771. The summed E-state index contributed by atoms with van der Waals surface area (Å²) in [5.74, 6) is 1.08. The molecule has 0 aromatic heterocycles. The SMILES string of the molecule is CCOC(SCC)=C(C)C. The molecule has 0 aromatic rings. The minimum Gasteiger partial charge on any atom is -0.488 e. The van der Waals surface area contributed by atoms with E-state index in [1.807, 2.05) is 6.92 Å². The van der Waals surface area contributed by atoms with Gasteiger partial charge in [-0.15, -0.1) is 0 Å². The van der Waals surface area contributed by atoms with E-state index in [4.69, 9.17) is 4.74 Å². The van der Waals surface area contributed by atoms with Gasteiger partial charge in [0.05, 0.1) is 6.61 Å². The lowest BCUT2D eigenvalue weighted by Gasteiger charge is -2.07. The highest BCUT2D eigenvalue weighted by atomic mass is 32.2. The lowest BCUT2D eigenvalue weighted by molar-refractivity contribution is 0.254. The molecule has 0 aliphatic heterocycles. The first-order valence-electron chi connectivity index (χ1n) is 3.65. The van der Waals surface area contributed by atoms with Gasteiger partial charge in [0.25, 0.3) is 0 Å². The zero-order chi connectivity index (χ0) is 7.98. The molecule has 10 heavy (non-hydrogen) atoms. The molecule has 0 heterocycles. The lowest BCUT2D eigenvalue weighted by atomic mass is 10.4. The Hall–Kier alpha value is -0.110. The monoisotopic (exact) mass is 160 g/mol. The standard InChI is InChI=1S/C8H16OS/c1-5-9-8(7(3)4)10-6-2/h5-6H2,1-4H3. The Morgan fingerprint density at radius 3 is 2.20 bits per heavy atom. The maximum absolute atomic E-state index is 5.39. The highest BCUT2D eigenvalue weighted by molar-refractivity contribution is 8.02. The summed E-state index contributed by atoms with van der Waals surface area (Å²) in [5.41, 5.74) is 1.27. The molecule has 2 heteroatoms. The van der Waals surface area contributed by atoms with Crippen molar-refractivity contribution in [3.63, 3.8) is 0 Å². The summed E-state index contributed by atoms with van der Waals surface area (Å²) in [4.78, 5) is 0. The molecule has 0 saturated carbocycles. The summed E-state index contributed by atoms with van der Waals surface area (Å²) in [6, 6.07) is 0. The maximum atomic E-state index is 5.39. The average Bonchev–Trinajstić information content (AvgIpc) is 1.87. The first-order chi connectivity index (χ1) is 4.72. The fourth-order valence-electron chi connectivity index (χ4n) is 0.593. The summed E-state index contributed by atoms with van der Waals surface area (Å²) in [5, 5.41) is 1.09. The number of ether oxygens (including phenoxy) is 1. The first kappa shape index (κ1) is 9.89. The van der Waals surface area contributed by atoms with Crippen LogP contribution in [0.25, 0.3) is 0 Å². The summed E-state index contributed by atoms with van der Waals surface area (Å²) in [6.07, 6.45) is 0. The highest BCUT2D eigenvalue weighted by Gasteiger charge is 1.97. The van der Waals surface area contributed by atoms with Gasteiger partial charge in [-0.3, -0.25) is 0 Å². The first-order valence-corrected chi connectivity index (χ1v) is 4.64. The molecule has 0 N–H and O–H groups in total. The Balaban J connectivity index is 3.86. The average molecular weight is 160 g/mol. The molecule has 0 atom stereocenters. The molecular weight excluding hydrogens is 144 g/mol. The largest absolute Gasteiger partial charge is 0.488 e. The fraction of sp³-hybridized carbons (Fsp3) is 0.750. The van der Waals surface area contributed by atoms with Crippen molar-refractivity contribution in [2.45, 2.75) is 27.7 Å². The van der Waals surface area contributed by atoms with E-state index in [0.29, 0.717) is 0 Å². The summed E-state index contributed by atoms with van der Waals surface area (Å²) in [7, 11) is 0. The van der Waals surface area contributed by atoms with Crippen LogP contribution in [0, 0.1) is 0 Å². The third kappa shape index (κ3) is 3.83. The van der Waals surface area contributed by atoms with Crippen molar-refractivity contribution in [3.05, 3.63) is 10.7 Å². The Morgan fingerprint density at radius 1 is 1.30 bits per heavy atom. The van der Waals surface area contributed by atoms with Crippen LogP contribution in [-0.4, -0.2) is 12.4 Å². The van der Waals surface area contributed by atoms with Crippen LogP contribution in [0.4, 0.5) is 0 Å². The van der Waals surface area contributed by atoms with Gasteiger partial charge < -0.3 is 4.74 Å². The van der Waals surface area contributed by atoms with Gasteiger partial charge in [-0.05, 0) is 32.1 Å². The molecule has 0 fully saturated rings. The van der Waals surface area contributed by atoms with Crippen LogP contribution in [-0.2, 0) is 4.74 Å². The molecule has 0 radical (unpaired) electrons. The Labute approximate surface area is 67.8 Å². The molecule has 0 saturated heterocycles. The summed E-state index contributed by atoms with van der Waals surface area (Å²) < 4.78 is 5.39. The minimum absolute atomic E-state index is 0.771. The van der Waals surface area contributed by atoms with Crippen LogP contribution >= 0.6 is 11.8 Å². The van der Waals surface area contributed by atoms with Gasteiger partial charge in [-0.2, -0.15) is 0 Å². The molecule has 0 unspecified atom stereocenters. The normalized spacial score (nSPS) is 9.20. The zero-order valence-electron chi connectivity index (χ0n) is 7.23. The molecule has 0 amide bonds. The van der Waals surface area contributed by atoms with E-state index in [2.05, 4.69) is 20.8 Å². The fourth-order valence-corrected chi connectivity index (χ4v) is 1.34. The van der Waals surface area contributed by atoms with Gasteiger partial charge in [0, 0.05) is 0 Å². The van der Waals surface area contributed by atoms with Crippen molar-refractivity contribution in [2.24, 2.45) is 0 Å². The molecule has 0 aromatic carbocycles. The molecule has 60 valence electrons. The Morgan fingerprint density at radius 2 is 1.90 bits per heavy atom. The highest BCUT2D eigenvalue weighted by Crippen LogP contribution is 2.19. The van der Waals surface area contributed by atoms with E-state index in [0.717, 1.165) is 17.5 Å². The Kier molecular flexibility index (Phi) is 5.60. The van der Waals surface area contributed by atoms with Crippen molar-refractivity contribution < 1.29 is 4.74 Å². The van der Waals surface area contributed by atoms with Crippen LogP contribution in [0.15, 0.2) is 10.7 Å². The van der Waals surface area contributed by atoms with E-state index < -0.39 is 0 Å². The van der Waals surface area contributed by atoms with Gasteiger partial charge in [-0.1, -0.05) is 18.7 Å². The van der Waals surface area contributed by atoms with Gasteiger partial charge >= 0.3 is 0 Å². The molecule has 0 rings (SSSR count). The van der Waals surface area contributed by atoms with E-state index >= 15 is 0 Å². The predicted molar refractivity (Wildman–Crippen MR) is 48.1 cm³/mol. The third-order valence-corrected chi connectivity index (χ3v) is 2.04. The molecule has 0 spiro atoms. The topological polar surface area (TPSA) is 9.23 Å². The van der Waals surface area contributed by atoms with Gasteiger partial charge in [0.2, 0.25) is 0 Å². The molecule has 0 bridgehead atoms. The van der Waals surface area contributed by atoms with Crippen LogP contribution in [0.1, 0.15) is 27.7 Å². The molecule has 0 aliphatic carbocycles. The van der Waals surface area contributed by atoms with E-state index in [-0.39, 0.29) is 0 Å². The van der Waals surface area contributed by atoms with Crippen LogP contribution in [0.5, 0.6) is 0 Å². The summed E-state index contributed by atoms with van der Waals surface area (Å²) in [6.45, 7) is 9.07. The summed E-state index contributed by atoms with van der Waals surface area (Å²) >= 11 is 1.77. The zero-order valence-corrected chi connectivity index (χ0v) is 8.05. The van der Waals surface area contributed by atoms with Crippen molar-refractivity contribution in [1.82, 2.24) is 0 Å². The second-order valence-electron chi connectivity index (χ2n) is 2.15. The quantitative estimate of drug-likeness (QED) is 0.585. The number of thioether (sulfide) groups is 1. The van der Waals surface area contributed by atoms with Crippen molar-refractivity contribution in [2.75, 3.05) is 12.4 Å². The van der Waals surface area contributed by atoms with Gasteiger partial charge in [0.15, 0.2) is 5.09 Å². The second-order valence-corrected chi connectivity index (χ2v) is 3.39. The van der Waals surface area contributed by atoms with E-state index in [1.54, 1.807) is 11.8 Å². The van der Waals surface area contributed by atoms with Crippen molar-refractivity contribution >= 4 is 11.8 Å². The molecule has 1 nitrogen and oxygen atoms in total. The van der Waals surface area contributed by atoms with Gasteiger partial charge in [0.1, 0.15) is 0 Å². The lowest BCUT2D eigenvalue weighted by Crippen LogP contribution is -1.90. The maximum Gasteiger partial charge on any atom is 0.151 e. The number of rotatable bonds is 4. The van der Waals surface area contributed by atoms with Crippen molar-refractivity contribution in [1.29, 1.82) is 0 Å². The second kappa shape index (κ2) is 5.66. The third-order valence-electron chi connectivity index (χ3n) is 0.959. The number of allylic oxidation sites excluding steroid dienone is 1. The predicted octanol–water partition coefficient (Wildman–Crippen LogP) is 3.03. The van der Waals surface area contributed by atoms with Crippen LogP contribution in [0.2, 0.25) is 0 Å². The van der Waals surface area contributed by atoms with Gasteiger partial charge in [-0.25, -0.2) is 0 Å². The molecule has 0 aliphatic rings.